The maximum absolute atomic E-state index is 5.45. The van der Waals surface area contributed by atoms with Crippen molar-refractivity contribution in [3.05, 3.63) is 12.2 Å². The number of hydrogen-bond donors (Lipinski definition) is 0. The molecule has 4 heteroatoms. The molecule has 1 aliphatic heterocycles. The number of nitrogens with zero attached hydrogens (tertiary/aromatic N) is 2. The largest absolute Gasteiger partial charge is 0.483 e. The molecule has 0 fully saturated rings. The van der Waals surface area contributed by atoms with Gasteiger partial charge in [0.05, 0.1) is 14.2 Å². The maximum atomic E-state index is 5.45. The van der Waals surface area contributed by atoms with E-state index in [0.717, 1.165) is 24.6 Å². The standard InChI is InChI=1S/C13H20N2O2/c1-9(2)10-11(16-3)15-13(7-5-6-8-13)12(14-10)17-4/h5-6,9-10H,7-8H2,1-4H3. The van der Waals surface area contributed by atoms with Crippen LogP contribution in [0.1, 0.15) is 26.7 Å². The second kappa shape index (κ2) is 4.51. The highest BCUT2D eigenvalue weighted by Crippen LogP contribution is 2.34. The van der Waals surface area contributed by atoms with Crippen LogP contribution in [0.4, 0.5) is 0 Å². The first-order valence-electron chi connectivity index (χ1n) is 6.04. The van der Waals surface area contributed by atoms with Crippen molar-refractivity contribution in [2.75, 3.05) is 14.2 Å². The van der Waals surface area contributed by atoms with Gasteiger partial charge >= 0.3 is 0 Å². The zero-order chi connectivity index (χ0) is 12.5. The van der Waals surface area contributed by atoms with Crippen molar-refractivity contribution in [1.29, 1.82) is 0 Å². The molecule has 94 valence electrons. The number of methoxy groups -OCH3 is 2. The molecule has 0 N–H and O–H groups in total. The van der Waals surface area contributed by atoms with Gasteiger partial charge in [-0.25, -0.2) is 9.98 Å². The minimum atomic E-state index is -0.342. The summed E-state index contributed by atoms with van der Waals surface area (Å²) in [7, 11) is 3.33. The third-order valence-electron chi connectivity index (χ3n) is 3.34. The molecular formula is C13H20N2O2. The molecule has 1 unspecified atom stereocenters. The average Bonchev–Trinajstić information content (AvgIpc) is 2.77. The van der Waals surface area contributed by atoms with E-state index in [1.807, 2.05) is 0 Å². The van der Waals surface area contributed by atoms with Crippen LogP contribution in [-0.2, 0) is 9.47 Å². The fourth-order valence-electron chi connectivity index (χ4n) is 2.38. The van der Waals surface area contributed by atoms with Gasteiger partial charge in [0.15, 0.2) is 0 Å². The third kappa shape index (κ3) is 1.96. The predicted octanol–water partition coefficient (Wildman–Crippen LogP) is 2.20. The van der Waals surface area contributed by atoms with Crippen LogP contribution in [0.2, 0.25) is 0 Å². The van der Waals surface area contributed by atoms with Gasteiger partial charge in [-0.05, 0) is 18.8 Å². The average molecular weight is 236 g/mol. The molecule has 2 aliphatic rings. The Hall–Kier alpha value is -1.32. The van der Waals surface area contributed by atoms with E-state index in [-0.39, 0.29) is 11.6 Å². The van der Waals surface area contributed by atoms with Gasteiger partial charge in [-0.1, -0.05) is 26.0 Å². The normalized spacial score (nSPS) is 26.1. The molecule has 0 amide bonds. The van der Waals surface area contributed by atoms with Gasteiger partial charge in [-0.15, -0.1) is 0 Å². The monoisotopic (exact) mass is 236 g/mol. The summed E-state index contributed by atoms with van der Waals surface area (Å²) in [5, 5.41) is 0. The van der Waals surface area contributed by atoms with Crippen molar-refractivity contribution in [3.8, 4) is 0 Å². The summed E-state index contributed by atoms with van der Waals surface area (Å²) < 4.78 is 10.9. The second-order valence-electron chi connectivity index (χ2n) is 4.89. The summed E-state index contributed by atoms with van der Waals surface area (Å²) in [5.74, 6) is 1.82. The Labute approximate surface area is 102 Å². The lowest BCUT2D eigenvalue weighted by atomic mass is 9.93. The van der Waals surface area contributed by atoms with Crippen LogP contribution in [0.15, 0.2) is 22.1 Å². The van der Waals surface area contributed by atoms with Gasteiger partial charge in [0.25, 0.3) is 0 Å². The van der Waals surface area contributed by atoms with E-state index < -0.39 is 0 Å². The van der Waals surface area contributed by atoms with E-state index in [2.05, 4.69) is 31.0 Å². The van der Waals surface area contributed by atoms with Crippen molar-refractivity contribution < 1.29 is 9.47 Å². The number of hydrogen-bond acceptors (Lipinski definition) is 4. The van der Waals surface area contributed by atoms with Crippen molar-refractivity contribution in [2.24, 2.45) is 15.9 Å². The molecule has 0 saturated heterocycles. The molecule has 1 atom stereocenters. The van der Waals surface area contributed by atoms with Crippen molar-refractivity contribution in [1.82, 2.24) is 0 Å². The smallest absolute Gasteiger partial charge is 0.213 e. The molecule has 0 aromatic carbocycles. The van der Waals surface area contributed by atoms with E-state index >= 15 is 0 Å². The van der Waals surface area contributed by atoms with Crippen LogP contribution >= 0.6 is 0 Å². The van der Waals surface area contributed by atoms with Gasteiger partial charge in [0, 0.05) is 0 Å². The Morgan fingerprint density at radius 1 is 1.24 bits per heavy atom. The Bertz CT molecular complexity index is 375. The first-order chi connectivity index (χ1) is 8.13. The van der Waals surface area contributed by atoms with Gasteiger partial charge < -0.3 is 9.47 Å². The highest BCUT2D eigenvalue weighted by molar-refractivity contribution is 5.97. The molecule has 0 aromatic heterocycles. The molecule has 2 rings (SSSR count). The molecule has 1 aliphatic carbocycles. The van der Waals surface area contributed by atoms with Crippen molar-refractivity contribution in [2.45, 2.75) is 38.3 Å². The first-order valence-corrected chi connectivity index (χ1v) is 6.04. The van der Waals surface area contributed by atoms with Crippen molar-refractivity contribution in [3.63, 3.8) is 0 Å². The summed E-state index contributed by atoms with van der Waals surface area (Å²) in [6.07, 6.45) is 5.94. The van der Waals surface area contributed by atoms with Gasteiger partial charge in [-0.2, -0.15) is 0 Å². The zero-order valence-electron chi connectivity index (χ0n) is 10.9. The fourth-order valence-corrected chi connectivity index (χ4v) is 2.38. The van der Waals surface area contributed by atoms with E-state index in [0.29, 0.717) is 5.92 Å². The van der Waals surface area contributed by atoms with Crippen LogP contribution in [0.25, 0.3) is 0 Å². The highest BCUT2D eigenvalue weighted by atomic mass is 16.5. The van der Waals surface area contributed by atoms with Crippen molar-refractivity contribution >= 4 is 11.8 Å². The molecule has 0 aromatic rings. The summed E-state index contributed by atoms with van der Waals surface area (Å²) >= 11 is 0. The quantitative estimate of drug-likeness (QED) is 0.655. The number of rotatable bonds is 1. The molecule has 1 heterocycles. The van der Waals surface area contributed by atoms with E-state index in [9.17, 15) is 0 Å². The van der Waals surface area contributed by atoms with Crippen LogP contribution < -0.4 is 0 Å². The molecular weight excluding hydrogens is 216 g/mol. The molecule has 1 spiro atoms. The predicted molar refractivity (Wildman–Crippen MR) is 68.6 cm³/mol. The van der Waals surface area contributed by atoms with Gasteiger partial charge in [-0.3, -0.25) is 0 Å². The molecule has 0 saturated carbocycles. The second-order valence-corrected chi connectivity index (χ2v) is 4.89. The molecule has 0 bridgehead atoms. The summed E-state index contributed by atoms with van der Waals surface area (Å²) in [6, 6.07) is -0.0267. The number of aliphatic imine (C=N–C) groups is 2. The van der Waals surface area contributed by atoms with E-state index in [4.69, 9.17) is 14.5 Å². The Morgan fingerprint density at radius 3 is 2.35 bits per heavy atom. The summed E-state index contributed by atoms with van der Waals surface area (Å²) in [6.45, 7) is 4.22. The Balaban J connectivity index is 2.37. The molecule has 17 heavy (non-hydrogen) atoms. The summed E-state index contributed by atoms with van der Waals surface area (Å²) in [5.41, 5.74) is -0.342. The van der Waals surface area contributed by atoms with E-state index in [1.54, 1.807) is 14.2 Å². The lowest BCUT2D eigenvalue weighted by Crippen LogP contribution is -2.45. The van der Waals surface area contributed by atoms with Gasteiger partial charge in [0.1, 0.15) is 11.6 Å². The minimum Gasteiger partial charge on any atom is -0.483 e. The number of ether oxygens (including phenoxy) is 2. The van der Waals surface area contributed by atoms with Crippen LogP contribution in [0, 0.1) is 5.92 Å². The fraction of sp³-hybridized carbons (Fsp3) is 0.692. The van der Waals surface area contributed by atoms with Crippen LogP contribution in [0.5, 0.6) is 0 Å². The first kappa shape index (κ1) is 12.1. The maximum Gasteiger partial charge on any atom is 0.213 e. The van der Waals surface area contributed by atoms with E-state index in [1.165, 1.54) is 0 Å². The van der Waals surface area contributed by atoms with Crippen LogP contribution in [0.3, 0.4) is 0 Å². The van der Waals surface area contributed by atoms with Gasteiger partial charge in [0.2, 0.25) is 11.8 Å². The Kier molecular flexibility index (Phi) is 3.22. The lowest BCUT2D eigenvalue weighted by molar-refractivity contribution is 0.308. The highest BCUT2D eigenvalue weighted by Gasteiger charge is 2.43. The molecule has 0 radical (unpaired) electrons. The topological polar surface area (TPSA) is 43.2 Å². The van der Waals surface area contributed by atoms with Crippen LogP contribution in [-0.4, -0.2) is 37.6 Å². The zero-order valence-corrected chi connectivity index (χ0v) is 10.9. The lowest BCUT2D eigenvalue weighted by Gasteiger charge is -2.33. The summed E-state index contributed by atoms with van der Waals surface area (Å²) in [4.78, 5) is 9.45. The third-order valence-corrected chi connectivity index (χ3v) is 3.34. The minimum absolute atomic E-state index is 0.0267. The molecule has 4 nitrogen and oxygen atoms in total. The SMILES string of the molecule is COC1=NC2(CC=CC2)C(OC)=NC1C(C)C. The Morgan fingerprint density at radius 2 is 1.88 bits per heavy atom.